The Balaban J connectivity index is 0. The summed E-state index contributed by atoms with van der Waals surface area (Å²) < 4.78 is 0. The molecule has 0 aromatic heterocycles. The number of hydrogen-bond acceptors (Lipinski definition) is 0. The van der Waals surface area contributed by atoms with Crippen LogP contribution in [0.2, 0.25) is 0 Å². The van der Waals surface area contributed by atoms with Crippen LogP contribution in [-0.4, -0.2) is 79.0 Å². The van der Waals surface area contributed by atoms with E-state index >= 15 is 0 Å². The zero-order valence-electron chi connectivity index (χ0n) is 6.80. The molecule has 0 bridgehead atoms. The topological polar surface area (TPSA) is 0 Å². The first kappa shape index (κ1) is 15.8. The van der Waals surface area contributed by atoms with E-state index in [4.69, 9.17) is 46.4 Å². The van der Waals surface area contributed by atoms with E-state index in [1.54, 1.807) is 0 Å². The molecule has 0 aromatic rings. The molecule has 0 aliphatic heterocycles. The average Bonchev–Trinajstić information content (AvgIpc) is 1.81. The van der Waals surface area contributed by atoms with Crippen LogP contribution in [0.5, 0.6) is 0 Å². The van der Waals surface area contributed by atoms with Crippen LogP contribution in [0.3, 0.4) is 0 Å². The molecular formula is B11V. The van der Waals surface area contributed by atoms with Crippen LogP contribution in [-0.2, 0) is 18.6 Å². The zero-order chi connectivity index (χ0) is 9.02. The Morgan fingerprint density at radius 3 is 1.17 bits per heavy atom. The molecule has 14 radical (unpaired) electrons. The van der Waals surface area contributed by atoms with Crippen molar-refractivity contribution in [2.24, 2.45) is 0 Å². The third-order valence-electron chi connectivity index (χ3n) is 1.33. The molecule has 0 saturated carbocycles. The predicted octanol–water partition coefficient (Wildman–Crippen LogP) is -4.19. The summed E-state index contributed by atoms with van der Waals surface area (Å²) in [4.78, 5) is 0. The summed E-state index contributed by atoms with van der Waals surface area (Å²) in [5.41, 5.74) is 0. The van der Waals surface area contributed by atoms with Gasteiger partial charge in [0, 0.05) is 97.6 Å². The molecule has 0 N–H and O–H groups in total. The van der Waals surface area contributed by atoms with E-state index in [0.29, 0.717) is 0 Å². The molecule has 0 fully saturated rings. The van der Waals surface area contributed by atoms with Gasteiger partial charge in [-0.2, -0.15) is 0 Å². The van der Waals surface area contributed by atoms with E-state index in [9.17, 15) is 0 Å². The van der Waals surface area contributed by atoms with Gasteiger partial charge in [-0.25, -0.2) is 0 Å². The molecule has 12 heteroatoms. The first-order valence-electron chi connectivity index (χ1n) is 3.33. The van der Waals surface area contributed by atoms with Crippen molar-refractivity contribution in [1.29, 1.82) is 0 Å². The van der Waals surface area contributed by atoms with Crippen molar-refractivity contribution >= 4 is 79.0 Å². The second-order valence-electron chi connectivity index (χ2n) is 2.50. The third-order valence-corrected chi connectivity index (χ3v) is 1.33. The number of hydrogen-bond donors (Lipinski definition) is 0. The minimum atomic E-state index is -0.621. The van der Waals surface area contributed by atoms with E-state index in [1.807, 2.05) is 0 Å². The Morgan fingerprint density at radius 1 is 0.750 bits per heavy atom. The SMILES string of the molecule is [B]B([B])[B]B(B([B])[B])B([B])[B].[V]. The summed E-state index contributed by atoms with van der Waals surface area (Å²) in [5.74, 6) is 0. The van der Waals surface area contributed by atoms with E-state index in [2.05, 4.69) is 0 Å². The summed E-state index contributed by atoms with van der Waals surface area (Å²) >= 11 is 0. The monoisotopic (exact) mass is 172 g/mol. The van der Waals surface area contributed by atoms with Gasteiger partial charge in [0.05, 0.1) is 0 Å². The smallest absolute Gasteiger partial charge is 0 e. The van der Waals surface area contributed by atoms with Crippen LogP contribution in [0.4, 0.5) is 0 Å². The average molecular weight is 170 g/mol. The minimum Gasteiger partial charge on any atom is 0 e. The first-order chi connectivity index (χ1) is 4.95. The Bertz CT molecular complexity index is 87.2. The van der Waals surface area contributed by atoms with E-state index in [-0.39, 0.29) is 24.9 Å². The van der Waals surface area contributed by atoms with Gasteiger partial charge in [0.25, 0.3) is 0 Å². The van der Waals surface area contributed by atoms with Gasteiger partial charge in [-0.1, -0.05) is 0 Å². The molecule has 0 amide bonds. The molecule has 0 saturated heterocycles. The molecule has 0 unspecified atom stereocenters. The van der Waals surface area contributed by atoms with Gasteiger partial charge in [-0.05, 0) is 0 Å². The quantitative estimate of drug-likeness (QED) is 0.375. The van der Waals surface area contributed by atoms with Crippen LogP contribution in [0.15, 0.2) is 0 Å². The third kappa shape index (κ3) is 6.78. The van der Waals surface area contributed by atoms with Gasteiger partial charge in [0.2, 0.25) is 0 Å². The Morgan fingerprint density at radius 2 is 1.08 bits per heavy atom. The molecule has 0 aliphatic carbocycles. The molecule has 0 atom stereocenters. The van der Waals surface area contributed by atoms with Gasteiger partial charge in [0.15, 0.2) is 0 Å². The van der Waals surface area contributed by atoms with Crippen LogP contribution < -0.4 is 0 Å². The summed E-state index contributed by atoms with van der Waals surface area (Å²) in [6.45, 7) is 0. The Hall–Kier alpha value is 1.30. The van der Waals surface area contributed by atoms with Gasteiger partial charge in [0.1, 0.15) is 0 Å². The Kier molecular flexibility index (Phi) is 10.1. The molecule has 0 rings (SSSR count). The fourth-order valence-corrected chi connectivity index (χ4v) is 0.770. The maximum absolute atomic E-state index is 5.36. The van der Waals surface area contributed by atoms with Gasteiger partial charge in [-0.3, -0.25) is 0 Å². The summed E-state index contributed by atoms with van der Waals surface area (Å²) in [5, 5.41) is 0. The summed E-state index contributed by atoms with van der Waals surface area (Å²) in [6.07, 6.45) is -2.19. The van der Waals surface area contributed by atoms with Crippen LogP contribution in [0.25, 0.3) is 0 Å². The summed E-state index contributed by atoms with van der Waals surface area (Å²) in [7, 11) is 33.5. The maximum Gasteiger partial charge on any atom is 0 e. The van der Waals surface area contributed by atoms with Crippen LogP contribution >= 0.6 is 0 Å². The first-order valence-corrected chi connectivity index (χ1v) is 3.33. The second kappa shape index (κ2) is 7.68. The molecule has 12 heavy (non-hydrogen) atoms. The van der Waals surface area contributed by atoms with Crippen molar-refractivity contribution in [2.75, 3.05) is 0 Å². The van der Waals surface area contributed by atoms with Gasteiger partial charge >= 0.3 is 0 Å². The molecule has 0 aromatic carbocycles. The molecular weight excluding hydrogens is 170 g/mol. The predicted molar refractivity (Wildman–Crippen MR) is 63.3 cm³/mol. The molecule has 0 aliphatic rings. The van der Waals surface area contributed by atoms with E-state index in [0.717, 1.165) is 0 Å². The van der Waals surface area contributed by atoms with E-state index < -0.39 is 19.2 Å². The van der Waals surface area contributed by atoms with Crippen molar-refractivity contribution in [3.8, 4) is 0 Å². The van der Waals surface area contributed by atoms with Gasteiger partial charge in [-0.15, -0.1) is 0 Å². The minimum absolute atomic E-state index is 0. The van der Waals surface area contributed by atoms with Crippen LogP contribution in [0.1, 0.15) is 0 Å². The van der Waals surface area contributed by atoms with Gasteiger partial charge < -0.3 is 0 Å². The van der Waals surface area contributed by atoms with Crippen molar-refractivity contribution in [2.45, 2.75) is 0 Å². The fraction of sp³-hybridized carbons (Fsp3) is 0. The van der Waals surface area contributed by atoms with Crippen molar-refractivity contribution in [1.82, 2.24) is 0 Å². The zero-order valence-corrected chi connectivity index (χ0v) is 8.19. The maximum atomic E-state index is 5.36. The van der Waals surface area contributed by atoms with E-state index in [1.165, 1.54) is 7.06 Å². The second-order valence-corrected chi connectivity index (χ2v) is 2.50. The standard InChI is InChI=1S/B11.V/c1-8(2)7-11(9(3)4)10(5)6;. The molecule has 0 spiro atoms. The molecule has 0 nitrogen and oxygen atoms in total. The molecule has 0 heterocycles. The normalized spacial score (nSPS) is 7.67. The number of rotatable bonds is 4. The van der Waals surface area contributed by atoms with Crippen molar-refractivity contribution in [3.05, 3.63) is 0 Å². The fourth-order valence-electron chi connectivity index (χ4n) is 0.770. The van der Waals surface area contributed by atoms with Crippen molar-refractivity contribution < 1.29 is 18.6 Å². The molecule has 38 valence electrons. The van der Waals surface area contributed by atoms with Crippen molar-refractivity contribution in [3.63, 3.8) is 0 Å². The Labute approximate surface area is 97.4 Å². The largest absolute Gasteiger partial charge is 0 e. The summed E-state index contributed by atoms with van der Waals surface area (Å²) in [6, 6.07) is 0. The van der Waals surface area contributed by atoms with Crippen LogP contribution in [0, 0.1) is 0 Å².